The molecule has 1 fully saturated rings. The summed E-state index contributed by atoms with van der Waals surface area (Å²) in [6.07, 6.45) is 56.5. The Morgan fingerprint density at radius 1 is 0.500 bits per heavy atom. The lowest BCUT2D eigenvalue weighted by Gasteiger charge is -2.40. The second-order valence-electron chi connectivity index (χ2n) is 20.4. The molecule has 1 heterocycles. The van der Waals surface area contributed by atoms with Crippen LogP contribution in [-0.2, 0) is 14.3 Å². The highest BCUT2D eigenvalue weighted by molar-refractivity contribution is 5.76. The lowest BCUT2D eigenvalue weighted by Crippen LogP contribution is -2.60. The molecule has 0 aromatic carbocycles. The third kappa shape index (κ3) is 38.1. The Kier molecular flexibility index (Phi) is 46.4. The highest BCUT2D eigenvalue weighted by atomic mass is 16.7. The number of amides is 1. The number of hydrogen-bond acceptors (Lipinski definition) is 8. The highest BCUT2D eigenvalue weighted by Gasteiger charge is 2.44. The normalized spacial score (nSPS) is 19.8. The summed E-state index contributed by atoms with van der Waals surface area (Å²) in [5.74, 6) is -0.189. The van der Waals surface area contributed by atoms with Crippen LogP contribution in [0.15, 0.2) is 36.5 Å². The number of aliphatic hydroxyl groups is 5. The fourth-order valence-electron chi connectivity index (χ4n) is 9.31. The Labute approximate surface area is 419 Å². The van der Waals surface area contributed by atoms with Gasteiger partial charge in [-0.2, -0.15) is 0 Å². The van der Waals surface area contributed by atoms with Gasteiger partial charge in [-0.3, -0.25) is 4.79 Å². The average Bonchev–Trinajstić information content (AvgIpc) is 3.34. The maximum atomic E-state index is 13.0. The monoisotopic (exact) mass is 962 g/mol. The Balaban J connectivity index is 2.17. The van der Waals surface area contributed by atoms with Gasteiger partial charge >= 0.3 is 0 Å². The zero-order valence-corrected chi connectivity index (χ0v) is 44.4. The fourth-order valence-corrected chi connectivity index (χ4v) is 9.31. The van der Waals surface area contributed by atoms with Gasteiger partial charge in [0.2, 0.25) is 5.91 Å². The first-order valence-corrected chi connectivity index (χ1v) is 29.2. The first-order valence-electron chi connectivity index (χ1n) is 29.2. The standard InChI is InChI=1S/C59H111NO8/c1-3-5-7-9-11-13-15-17-19-20-21-22-23-24-25-26-27-28-29-30-31-32-33-35-36-38-40-42-44-46-48-53(62)52(51-67-59-58(66)57(65)56(64)54(50-61)68-59)60-55(63)49-47-45-43-41-39-37-34-18-16-14-12-10-8-6-4-2/h12,14,18,34,46,48,52-54,56-59,61-62,64-66H,3-11,13,15-17,19-33,35-45,47,49-51H2,1-2H3,(H,60,63)/b14-12-,34-18-,48-46+. The second kappa shape index (κ2) is 49.0. The van der Waals surface area contributed by atoms with Crippen LogP contribution in [-0.4, -0.2) is 87.5 Å². The quantitative estimate of drug-likeness (QED) is 0.0261. The van der Waals surface area contributed by atoms with Crippen molar-refractivity contribution in [2.45, 2.75) is 320 Å². The van der Waals surface area contributed by atoms with Gasteiger partial charge < -0.3 is 40.3 Å². The van der Waals surface area contributed by atoms with E-state index >= 15 is 0 Å². The summed E-state index contributed by atoms with van der Waals surface area (Å²) in [6, 6.07) is -0.812. The summed E-state index contributed by atoms with van der Waals surface area (Å²) in [7, 11) is 0. The Bertz CT molecular complexity index is 1160. The van der Waals surface area contributed by atoms with Gasteiger partial charge in [0.25, 0.3) is 0 Å². The van der Waals surface area contributed by atoms with Crippen molar-refractivity contribution >= 4 is 5.91 Å². The topological polar surface area (TPSA) is 149 Å². The number of ether oxygens (including phenoxy) is 2. The third-order valence-electron chi connectivity index (χ3n) is 14.0. The molecular formula is C59H111NO8. The summed E-state index contributed by atoms with van der Waals surface area (Å²) in [6.45, 7) is 3.76. The van der Waals surface area contributed by atoms with Crippen molar-refractivity contribution in [3.63, 3.8) is 0 Å². The predicted molar refractivity (Wildman–Crippen MR) is 286 cm³/mol. The molecule has 1 aliphatic heterocycles. The number of hydrogen-bond donors (Lipinski definition) is 6. The molecule has 1 saturated heterocycles. The zero-order chi connectivity index (χ0) is 49.4. The summed E-state index contributed by atoms with van der Waals surface area (Å²) in [4.78, 5) is 13.0. The van der Waals surface area contributed by atoms with E-state index in [9.17, 15) is 30.3 Å². The van der Waals surface area contributed by atoms with E-state index in [0.29, 0.717) is 6.42 Å². The van der Waals surface area contributed by atoms with E-state index in [1.165, 1.54) is 193 Å². The smallest absolute Gasteiger partial charge is 0.220 e. The molecule has 400 valence electrons. The van der Waals surface area contributed by atoms with E-state index in [4.69, 9.17) is 9.47 Å². The summed E-state index contributed by atoms with van der Waals surface area (Å²) >= 11 is 0. The average molecular weight is 963 g/mol. The summed E-state index contributed by atoms with van der Waals surface area (Å²) in [5, 5.41) is 54.5. The van der Waals surface area contributed by atoms with Gasteiger partial charge in [0, 0.05) is 6.42 Å². The molecule has 0 radical (unpaired) electrons. The minimum absolute atomic E-state index is 0.189. The van der Waals surface area contributed by atoms with E-state index < -0.39 is 49.5 Å². The molecule has 0 saturated carbocycles. The van der Waals surface area contributed by atoms with Gasteiger partial charge in [-0.25, -0.2) is 0 Å². The summed E-state index contributed by atoms with van der Waals surface area (Å²) in [5.41, 5.74) is 0. The lowest BCUT2D eigenvalue weighted by molar-refractivity contribution is -0.302. The molecule has 7 unspecified atom stereocenters. The molecule has 9 heteroatoms. The Morgan fingerprint density at radius 3 is 1.29 bits per heavy atom. The highest BCUT2D eigenvalue weighted by Crippen LogP contribution is 2.23. The van der Waals surface area contributed by atoms with Crippen molar-refractivity contribution in [1.29, 1.82) is 0 Å². The molecule has 0 spiro atoms. The van der Waals surface area contributed by atoms with Gasteiger partial charge in [-0.05, 0) is 51.4 Å². The molecule has 0 bridgehead atoms. The molecule has 68 heavy (non-hydrogen) atoms. The van der Waals surface area contributed by atoms with Crippen LogP contribution in [0.3, 0.4) is 0 Å². The van der Waals surface area contributed by atoms with Crippen molar-refractivity contribution in [2.24, 2.45) is 0 Å². The van der Waals surface area contributed by atoms with Crippen molar-refractivity contribution in [3.05, 3.63) is 36.5 Å². The number of unbranched alkanes of at least 4 members (excludes halogenated alkanes) is 36. The van der Waals surface area contributed by atoms with E-state index in [0.717, 1.165) is 64.2 Å². The number of carbonyl (C=O) groups is 1. The van der Waals surface area contributed by atoms with Gasteiger partial charge in [-0.15, -0.1) is 0 Å². The van der Waals surface area contributed by atoms with Gasteiger partial charge in [-0.1, -0.05) is 256 Å². The molecule has 7 atom stereocenters. The van der Waals surface area contributed by atoms with Crippen LogP contribution in [0.5, 0.6) is 0 Å². The molecule has 6 N–H and O–H groups in total. The number of nitrogens with one attached hydrogen (secondary N) is 1. The van der Waals surface area contributed by atoms with Crippen LogP contribution in [0.1, 0.15) is 277 Å². The second-order valence-corrected chi connectivity index (χ2v) is 20.4. The Morgan fingerprint density at radius 2 is 0.868 bits per heavy atom. The van der Waals surface area contributed by atoms with E-state index in [1.54, 1.807) is 6.08 Å². The predicted octanol–water partition coefficient (Wildman–Crippen LogP) is 14.4. The first kappa shape index (κ1) is 64.4. The third-order valence-corrected chi connectivity index (χ3v) is 14.0. The molecule has 9 nitrogen and oxygen atoms in total. The van der Waals surface area contributed by atoms with Crippen LogP contribution in [0.2, 0.25) is 0 Å². The van der Waals surface area contributed by atoms with Crippen LogP contribution in [0.4, 0.5) is 0 Å². The molecule has 0 aromatic heterocycles. The molecule has 1 rings (SSSR count). The van der Waals surface area contributed by atoms with Crippen molar-refractivity contribution in [3.8, 4) is 0 Å². The molecule has 0 aromatic rings. The number of carbonyl (C=O) groups excluding carboxylic acids is 1. The lowest BCUT2D eigenvalue weighted by atomic mass is 9.99. The fraction of sp³-hybridized carbons (Fsp3) is 0.881. The maximum absolute atomic E-state index is 13.0. The molecule has 0 aliphatic carbocycles. The molecule has 1 amide bonds. The number of rotatable bonds is 50. The van der Waals surface area contributed by atoms with Crippen LogP contribution in [0.25, 0.3) is 0 Å². The van der Waals surface area contributed by atoms with Crippen molar-refractivity contribution in [1.82, 2.24) is 5.32 Å². The van der Waals surface area contributed by atoms with Crippen molar-refractivity contribution < 1.29 is 39.8 Å². The van der Waals surface area contributed by atoms with E-state index in [1.807, 2.05) is 6.08 Å². The van der Waals surface area contributed by atoms with Gasteiger partial charge in [0.1, 0.15) is 24.4 Å². The van der Waals surface area contributed by atoms with Crippen LogP contribution >= 0.6 is 0 Å². The summed E-state index contributed by atoms with van der Waals surface area (Å²) < 4.78 is 11.3. The van der Waals surface area contributed by atoms with Gasteiger partial charge in [0.05, 0.1) is 25.4 Å². The minimum atomic E-state index is -1.57. The molecular weight excluding hydrogens is 851 g/mol. The number of allylic oxidation sites excluding steroid dienone is 5. The SMILES string of the molecule is CCCCC/C=C\C/C=C\CCCCCCCC(=O)NC(COC1OC(CO)C(O)C(O)C1O)C(O)/C=C/CCCCCCCCCCCCCCCCCCCCCCCCCCCCCC. The Hall–Kier alpha value is -1.59. The largest absolute Gasteiger partial charge is 0.394 e. The molecule has 1 aliphatic rings. The minimum Gasteiger partial charge on any atom is -0.394 e. The zero-order valence-electron chi connectivity index (χ0n) is 44.4. The number of aliphatic hydroxyl groups excluding tert-OH is 5. The van der Waals surface area contributed by atoms with E-state index in [-0.39, 0.29) is 12.5 Å². The first-order chi connectivity index (χ1) is 33.3. The van der Waals surface area contributed by atoms with Crippen LogP contribution < -0.4 is 5.32 Å². The van der Waals surface area contributed by atoms with Crippen LogP contribution in [0, 0.1) is 0 Å². The van der Waals surface area contributed by atoms with Gasteiger partial charge in [0.15, 0.2) is 6.29 Å². The maximum Gasteiger partial charge on any atom is 0.220 e. The van der Waals surface area contributed by atoms with Crippen molar-refractivity contribution in [2.75, 3.05) is 13.2 Å². The van der Waals surface area contributed by atoms with E-state index in [2.05, 4.69) is 43.5 Å².